The maximum Gasteiger partial charge on any atom is 0.180 e. The predicted octanol–water partition coefficient (Wildman–Crippen LogP) is 4.88. The van der Waals surface area contributed by atoms with Crippen molar-refractivity contribution in [2.45, 2.75) is 26.5 Å². The molecule has 5 nitrogen and oxygen atoms in total. The number of halogens is 4. The van der Waals surface area contributed by atoms with Crippen LogP contribution in [-0.2, 0) is 13.2 Å². The van der Waals surface area contributed by atoms with E-state index in [0.717, 1.165) is 30.6 Å². The van der Waals surface area contributed by atoms with Gasteiger partial charge in [0, 0.05) is 18.1 Å². The molecule has 0 atom stereocenters. The molecule has 3 N–H and O–H groups in total. The Morgan fingerprint density at radius 3 is 2.27 bits per heavy atom. The van der Waals surface area contributed by atoms with Gasteiger partial charge in [0.15, 0.2) is 11.5 Å². The van der Waals surface area contributed by atoms with E-state index in [1.807, 2.05) is 43.3 Å². The second-order valence-corrected chi connectivity index (χ2v) is 7.10. The average Bonchev–Trinajstić information content (AvgIpc) is 2.68. The second-order valence-electron chi connectivity index (χ2n) is 6.26. The number of ether oxygens (including phenoxy) is 2. The molecule has 0 aliphatic rings. The van der Waals surface area contributed by atoms with Crippen LogP contribution in [0.4, 0.5) is 0 Å². The fraction of sp³-hybridized carbons (Fsp3) is 0.429. The number of aliphatic hydroxyl groups is 1. The molecule has 2 aromatic carbocycles. The van der Waals surface area contributed by atoms with Crippen molar-refractivity contribution >= 4 is 48.0 Å². The monoisotopic (exact) mass is 498 g/mol. The molecule has 0 aliphatic heterocycles. The standard InChI is InChI=1S/C21H28Cl2N2O3.2ClH/c1-2-27-20-13-17(14-25-9-3-8-24-10-11-26)12-19(23)21(20)28-15-16-4-6-18(22)7-5-16;;/h4-7,12-13,24-26H,2-3,8-11,14-15H2,1H3;2*1H. The van der Waals surface area contributed by atoms with Gasteiger partial charge in [0.05, 0.1) is 18.2 Å². The lowest BCUT2D eigenvalue weighted by atomic mass is 10.2. The highest BCUT2D eigenvalue weighted by Gasteiger charge is 2.13. The number of rotatable bonds is 13. The van der Waals surface area contributed by atoms with Crippen LogP contribution in [0.3, 0.4) is 0 Å². The smallest absolute Gasteiger partial charge is 0.180 e. The largest absolute Gasteiger partial charge is 0.490 e. The molecule has 0 radical (unpaired) electrons. The van der Waals surface area contributed by atoms with Gasteiger partial charge in [-0.15, -0.1) is 24.8 Å². The van der Waals surface area contributed by atoms with Crippen molar-refractivity contribution in [2.24, 2.45) is 0 Å². The highest BCUT2D eigenvalue weighted by molar-refractivity contribution is 6.32. The van der Waals surface area contributed by atoms with Crippen molar-refractivity contribution in [1.82, 2.24) is 10.6 Å². The van der Waals surface area contributed by atoms with Crippen LogP contribution in [0.2, 0.25) is 10.0 Å². The van der Waals surface area contributed by atoms with Gasteiger partial charge in [-0.1, -0.05) is 35.3 Å². The minimum Gasteiger partial charge on any atom is -0.490 e. The lowest BCUT2D eigenvalue weighted by Gasteiger charge is -2.16. The van der Waals surface area contributed by atoms with Gasteiger partial charge in [-0.05, 0) is 61.8 Å². The summed E-state index contributed by atoms with van der Waals surface area (Å²) in [6.45, 7) is 6.07. The van der Waals surface area contributed by atoms with Crippen molar-refractivity contribution in [1.29, 1.82) is 0 Å². The molecule has 9 heteroatoms. The van der Waals surface area contributed by atoms with Crippen LogP contribution in [0, 0.1) is 0 Å². The maximum atomic E-state index is 8.73. The van der Waals surface area contributed by atoms with E-state index >= 15 is 0 Å². The molecule has 0 aromatic heterocycles. The fourth-order valence-electron chi connectivity index (χ4n) is 2.64. The third-order valence-electron chi connectivity index (χ3n) is 3.99. The Morgan fingerprint density at radius 1 is 0.900 bits per heavy atom. The zero-order valence-electron chi connectivity index (χ0n) is 17.0. The van der Waals surface area contributed by atoms with Crippen LogP contribution in [0.25, 0.3) is 0 Å². The minimum absolute atomic E-state index is 0. The molecule has 0 saturated carbocycles. The maximum absolute atomic E-state index is 8.73. The van der Waals surface area contributed by atoms with E-state index in [0.29, 0.717) is 47.8 Å². The first-order valence-corrected chi connectivity index (χ1v) is 10.2. The first-order valence-electron chi connectivity index (χ1n) is 9.48. The third-order valence-corrected chi connectivity index (χ3v) is 4.52. The van der Waals surface area contributed by atoms with Crippen LogP contribution in [0.5, 0.6) is 11.5 Å². The highest BCUT2D eigenvalue weighted by atomic mass is 35.5. The van der Waals surface area contributed by atoms with Crippen molar-refractivity contribution < 1.29 is 14.6 Å². The normalized spacial score (nSPS) is 10.1. The molecule has 0 bridgehead atoms. The van der Waals surface area contributed by atoms with E-state index < -0.39 is 0 Å². The molecule has 170 valence electrons. The van der Waals surface area contributed by atoms with Crippen molar-refractivity contribution in [3.05, 3.63) is 57.6 Å². The summed E-state index contributed by atoms with van der Waals surface area (Å²) >= 11 is 12.4. The summed E-state index contributed by atoms with van der Waals surface area (Å²) in [4.78, 5) is 0. The Hall–Kier alpha value is -0.920. The lowest BCUT2D eigenvalue weighted by molar-refractivity contribution is 0.269. The van der Waals surface area contributed by atoms with Crippen molar-refractivity contribution in [2.75, 3.05) is 32.8 Å². The van der Waals surface area contributed by atoms with E-state index in [4.69, 9.17) is 37.8 Å². The van der Waals surface area contributed by atoms with Crippen LogP contribution < -0.4 is 20.1 Å². The molecule has 0 saturated heterocycles. The van der Waals surface area contributed by atoms with Crippen LogP contribution in [0.1, 0.15) is 24.5 Å². The first-order chi connectivity index (χ1) is 13.6. The van der Waals surface area contributed by atoms with Gasteiger partial charge in [0.2, 0.25) is 0 Å². The molecule has 0 amide bonds. The molecule has 2 rings (SSSR count). The molecule has 0 spiro atoms. The Labute approximate surface area is 201 Å². The average molecular weight is 500 g/mol. The number of hydrogen-bond acceptors (Lipinski definition) is 5. The van der Waals surface area contributed by atoms with Crippen LogP contribution in [0.15, 0.2) is 36.4 Å². The predicted molar refractivity (Wildman–Crippen MR) is 129 cm³/mol. The minimum atomic E-state index is 0. The van der Waals surface area contributed by atoms with Gasteiger partial charge in [-0.3, -0.25) is 0 Å². The summed E-state index contributed by atoms with van der Waals surface area (Å²) in [5.41, 5.74) is 2.04. The molecular formula is C21H30Cl4N2O3. The summed E-state index contributed by atoms with van der Waals surface area (Å²) in [5.74, 6) is 1.20. The van der Waals surface area contributed by atoms with E-state index in [2.05, 4.69) is 10.6 Å². The van der Waals surface area contributed by atoms with Crippen LogP contribution in [-0.4, -0.2) is 38.0 Å². The number of hydrogen-bond donors (Lipinski definition) is 3. The SMILES string of the molecule is CCOc1cc(CNCCCNCCO)cc(Cl)c1OCc1ccc(Cl)cc1.Cl.Cl. The zero-order valence-corrected chi connectivity index (χ0v) is 20.1. The fourth-order valence-corrected chi connectivity index (χ4v) is 3.05. The van der Waals surface area contributed by atoms with Gasteiger partial charge in [-0.2, -0.15) is 0 Å². The highest BCUT2D eigenvalue weighted by Crippen LogP contribution is 2.37. The van der Waals surface area contributed by atoms with E-state index in [1.54, 1.807) is 0 Å². The molecular weight excluding hydrogens is 470 g/mol. The Morgan fingerprint density at radius 2 is 1.60 bits per heavy atom. The number of aliphatic hydroxyl groups excluding tert-OH is 1. The Balaban J connectivity index is 0.00000420. The lowest BCUT2D eigenvalue weighted by Crippen LogP contribution is -2.23. The van der Waals surface area contributed by atoms with Gasteiger partial charge < -0.3 is 25.2 Å². The molecule has 2 aromatic rings. The summed E-state index contributed by atoms with van der Waals surface area (Å²) in [5, 5.41) is 16.5. The van der Waals surface area contributed by atoms with E-state index in [9.17, 15) is 0 Å². The molecule has 30 heavy (non-hydrogen) atoms. The van der Waals surface area contributed by atoms with Crippen molar-refractivity contribution in [3.8, 4) is 11.5 Å². The Bertz CT molecular complexity index is 718. The molecule has 0 fully saturated rings. The summed E-state index contributed by atoms with van der Waals surface area (Å²) in [7, 11) is 0. The third kappa shape index (κ3) is 10.4. The van der Waals surface area contributed by atoms with E-state index in [1.165, 1.54) is 0 Å². The Kier molecular flexibility index (Phi) is 16.2. The molecule has 0 unspecified atom stereocenters. The quantitative estimate of drug-likeness (QED) is 0.343. The number of benzene rings is 2. The van der Waals surface area contributed by atoms with Gasteiger partial charge >= 0.3 is 0 Å². The van der Waals surface area contributed by atoms with Gasteiger partial charge in [0.25, 0.3) is 0 Å². The summed E-state index contributed by atoms with van der Waals surface area (Å²) in [6, 6.07) is 11.4. The van der Waals surface area contributed by atoms with E-state index in [-0.39, 0.29) is 31.4 Å². The first kappa shape index (κ1) is 29.1. The van der Waals surface area contributed by atoms with Gasteiger partial charge in [-0.25, -0.2) is 0 Å². The molecule has 0 aliphatic carbocycles. The summed E-state index contributed by atoms with van der Waals surface area (Å²) in [6.07, 6.45) is 0.980. The van der Waals surface area contributed by atoms with Crippen molar-refractivity contribution in [3.63, 3.8) is 0 Å². The topological polar surface area (TPSA) is 62.8 Å². The molecule has 0 heterocycles. The summed E-state index contributed by atoms with van der Waals surface area (Å²) < 4.78 is 11.7. The number of nitrogens with one attached hydrogen (secondary N) is 2. The van der Waals surface area contributed by atoms with Gasteiger partial charge in [0.1, 0.15) is 6.61 Å². The zero-order chi connectivity index (χ0) is 20.2. The van der Waals surface area contributed by atoms with Crippen LogP contribution >= 0.6 is 48.0 Å². The second kappa shape index (κ2) is 16.7.